The van der Waals surface area contributed by atoms with Crippen molar-refractivity contribution >= 4 is 11.7 Å². The maximum absolute atomic E-state index is 12.8. The van der Waals surface area contributed by atoms with Gasteiger partial charge < -0.3 is 15.1 Å². The number of carbonyl (C=O) groups is 1. The van der Waals surface area contributed by atoms with Gasteiger partial charge in [-0.2, -0.15) is 0 Å². The highest BCUT2D eigenvalue weighted by molar-refractivity contribution is 6.38. The molecule has 5 nitrogen and oxygen atoms in total. The molecule has 0 aromatic carbocycles. The summed E-state index contributed by atoms with van der Waals surface area (Å²) in [6.45, 7) is 3.59. The summed E-state index contributed by atoms with van der Waals surface area (Å²) < 4.78 is 5.35. The van der Waals surface area contributed by atoms with E-state index in [1.807, 2.05) is 0 Å². The molecule has 0 spiro atoms. The van der Waals surface area contributed by atoms with Gasteiger partial charge in [-0.15, -0.1) is 0 Å². The van der Waals surface area contributed by atoms with Gasteiger partial charge >= 0.3 is 0 Å². The molecule has 0 amide bonds. The van der Waals surface area contributed by atoms with Crippen molar-refractivity contribution < 1.29 is 19.8 Å². The fourth-order valence-electron chi connectivity index (χ4n) is 5.05. The van der Waals surface area contributed by atoms with Gasteiger partial charge in [0.05, 0.1) is 11.7 Å². The highest BCUT2D eigenvalue weighted by Gasteiger charge is 2.61. The van der Waals surface area contributed by atoms with Gasteiger partial charge in [0.1, 0.15) is 0 Å². The third-order valence-electron chi connectivity index (χ3n) is 5.14. The Labute approximate surface area is 119 Å². The Hall–Kier alpha value is -1.10. The predicted molar refractivity (Wildman–Crippen MR) is 72.5 cm³/mol. The van der Waals surface area contributed by atoms with Crippen molar-refractivity contribution in [3.8, 4) is 0 Å². The molecule has 0 aliphatic heterocycles. The first-order valence-electron chi connectivity index (χ1n) is 7.52. The summed E-state index contributed by atoms with van der Waals surface area (Å²) in [4.78, 5) is 12.8. The van der Waals surface area contributed by atoms with Gasteiger partial charge in [0.15, 0.2) is 0 Å². The van der Waals surface area contributed by atoms with Crippen LogP contribution in [0.15, 0.2) is 5.16 Å². The molecule has 4 rings (SSSR count). The summed E-state index contributed by atoms with van der Waals surface area (Å²) in [7, 11) is 0. The van der Waals surface area contributed by atoms with E-state index in [-0.39, 0.29) is 17.8 Å². The van der Waals surface area contributed by atoms with Gasteiger partial charge in [0, 0.05) is 5.41 Å². The summed E-state index contributed by atoms with van der Waals surface area (Å²) >= 11 is 0. The fourth-order valence-corrected chi connectivity index (χ4v) is 5.05. The summed E-state index contributed by atoms with van der Waals surface area (Å²) in [5.74, 6) is 0.431. The molecule has 4 aliphatic rings. The number of aliphatic hydroxyl groups is 1. The molecule has 4 aliphatic carbocycles. The summed E-state index contributed by atoms with van der Waals surface area (Å²) in [5, 5.41) is 22.8. The van der Waals surface area contributed by atoms with E-state index in [0.717, 1.165) is 32.1 Å². The van der Waals surface area contributed by atoms with Crippen molar-refractivity contribution in [1.29, 1.82) is 0 Å². The van der Waals surface area contributed by atoms with Gasteiger partial charge in [0.2, 0.25) is 5.78 Å². The summed E-state index contributed by atoms with van der Waals surface area (Å²) in [6, 6.07) is 0. The second-order valence-electron chi connectivity index (χ2n) is 7.37. The SMILES string of the molecule is CC(C)OC(=NO)C(=O)C12CC3CC(CC(O)(C3)C1)C2. The van der Waals surface area contributed by atoms with Crippen LogP contribution < -0.4 is 0 Å². The Morgan fingerprint density at radius 2 is 1.85 bits per heavy atom. The lowest BCUT2D eigenvalue weighted by Gasteiger charge is -2.59. The normalized spacial score (nSPS) is 43.1. The lowest BCUT2D eigenvalue weighted by atomic mass is 9.47. The van der Waals surface area contributed by atoms with Gasteiger partial charge in [-0.1, -0.05) is 0 Å². The molecule has 4 bridgehead atoms. The third kappa shape index (κ3) is 2.12. The smallest absolute Gasteiger partial charge is 0.294 e. The average Bonchev–Trinajstić information content (AvgIpc) is 2.31. The molecule has 0 aromatic rings. The zero-order valence-electron chi connectivity index (χ0n) is 12.1. The van der Waals surface area contributed by atoms with E-state index in [1.165, 1.54) is 0 Å². The van der Waals surface area contributed by atoms with Gasteiger partial charge in [-0.25, -0.2) is 0 Å². The van der Waals surface area contributed by atoms with Crippen LogP contribution in [0.4, 0.5) is 0 Å². The van der Waals surface area contributed by atoms with Crippen molar-refractivity contribution in [3.05, 3.63) is 0 Å². The third-order valence-corrected chi connectivity index (χ3v) is 5.14. The number of rotatable bonds is 3. The fraction of sp³-hybridized carbons (Fsp3) is 0.867. The number of oxime groups is 1. The number of ketones is 1. The van der Waals surface area contributed by atoms with Gasteiger partial charge in [-0.3, -0.25) is 4.79 Å². The number of nitrogens with zero attached hydrogens (tertiary/aromatic N) is 1. The molecule has 5 heteroatoms. The minimum Gasteiger partial charge on any atom is -0.470 e. The van der Waals surface area contributed by atoms with Crippen LogP contribution in [-0.2, 0) is 9.53 Å². The molecule has 4 saturated carbocycles. The van der Waals surface area contributed by atoms with E-state index in [0.29, 0.717) is 18.3 Å². The first kappa shape index (κ1) is 13.9. The maximum Gasteiger partial charge on any atom is 0.294 e. The van der Waals surface area contributed by atoms with Crippen LogP contribution >= 0.6 is 0 Å². The van der Waals surface area contributed by atoms with Crippen LogP contribution in [0, 0.1) is 17.3 Å². The molecule has 0 saturated heterocycles. The van der Waals surface area contributed by atoms with E-state index in [9.17, 15) is 9.90 Å². The molecule has 2 unspecified atom stereocenters. The molecule has 0 aromatic heterocycles. The Morgan fingerprint density at radius 1 is 1.25 bits per heavy atom. The van der Waals surface area contributed by atoms with Crippen LogP contribution in [0.3, 0.4) is 0 Å². The molecular weight excluding hydrogens is 258 g/mol. The van der Waals surface area contributed by atoms with Crippen molar-refractivity contribution in [1.82, 2.24) is 0 Å². The Morgan fingerprint density at radius 3 is 2.30 bits per heavy atom. The highest BCUT2D eigenvalue weighted by Crippen LogP contribution is 2.62. The Kier molecular flexibility index (Phi) is 3.08. The molecule has 112 valence electrons. The average molecular weight is 281 g/mol. The molecule has 0 heterocycles. The van der Waals surface area contributed by atoms with E-state index < -0.39 is 11.0 Å². The molecular formula is C15H23NO4. The first-order chi connectivity index (χ1) is 9.36. The first-order valence-corrected chi connectivity index (χ1v) is 7.52. The van der Waals surface area contributed by atoms with Crippen LogP contribution in [0.1, 0.15) is 52.4 Å². The van der Waals surface area contributed by atoms with E-state index >= 15 is 0 Å². The Bertz CT molecular complexity index is 443. The topological polar surface area (TPSA) is 79.1 Å². The van der Waals surface area contributed by atoms with Crippen molar-refractivity contribution in [2.24, 2.45) is 22.4 Å². The van der Waals surface area contributed by atoms with E-state index in [2.05, 4.69) is 5.16 Å². The lowest BCUT2D eigenvalue weighted by molar-refractivity contribution is -0.172. The molecule has 2 N–H and O–H groups in total. The van der Waals surface area contributed by atoms with Gasteiger partial charge in [0.25, 0.3) is 5.90 Å². The van der Waals surface area contributed by atoms with Gasteiger partial charge in [-0.05, 0) is 69.4 Å². The summed E-state index contributed by atoms with van der Waals surface area (Å²) in [6.07, 6.45) is 4.63. The number of hydrogen-bond acceptors (Lipinski definition) is 5. The van der Waals surface area contributed by atoms with Crippen LogP contribution in [-0.4, -0.2) is 33.7 Å². The van der Waals surface area contributed by atoms with Crippen LogP contribution in [0.2, 0.25) is 0 Å². The molecule has 4 fully saturated rings. The number of carbonyl (C=O) groups excluding carboxylic acids is 1. The molecule has 2 atom stereocenters. The van der Waals surface area contributed by atoms with Crippen molar-refractivity contribution in [2.45, 2.75) is 64.1 Å². The standard InChI is InChI=1S/C15H23NO4/c1-9(2)20-13(16-19)12(17)14-4-10-3-11(5-14)7-15(18,6-10)8-14/h9-11,18-19H,3-8H2,1-2H3. The molecule has 0 radical (unpaired) electrons. The largest absolute Gasteiger partial charge is 0.470 e. The van der Waals surface area contributed by atoms with Crippen molar-refractivity contribution in [3.63, 3.8) is 0 Å². The number of hydrogen-bond donors (Lipinski definition) is 2. The van der Waals surface area contributed by atoms with E-state index in [4.69, 9.17) is 9.94 Å². The monoisotopic (exact) mass is 281 g/mol. The maximum atomic E-state index is 12.8. The quantitative estimate of drug-likeness (QED) is 0.359. The minimum absolute atomic E-state index is 0.189. The van der Waals surface area contributed by atoms with Crippen molar-refractivity contribution in [2.75, 3.05) is 0 Å². The zero-order chi connectivity index (χ0) is 14.5. The second kappa shape index (κ2) is 4.45. The minimum atomic E-state index is -0.696. The Balaban J connectivity index is 1.87. The van der Waals surface area contributed by atoms with E-state index in [1.54, 1.807) is 13.8 Å². The van der Waals surface area contributed by atoms with Crippen LogP contribution in [0.25, 0.3) is 0 Å². The lowest BCUT2D eigenvalue weighted by Crippen LogP contribution is -2.59. The zero-order valence-corrected chi connectivity index (χ0v) is 12.1. The predicted octanol–water partition coefficient (Wildman–Crippen LogP) is 2.10. The summed E-state index contributed by atoms with van der Waals surface area (Å²) in [5.41, 5.74) is -1.27. The number of Topliss-reactive ketones (excluding diaryl/α,β-unsaturated/α-hetero) is 1. The highest BCUT2D eigenvalue weighted by atomic mass is 16.5. The molecule has 20 heavy (non-hydrogen) atoms. The number of ether oxygens (including phenoxy) is 1. The van der Waals surface area contributed by atoms with Crippen LogP contribution in [0.5, 0.6) is 0 Å². The second-order valence-corrected chi connectivity index (χ2v) is 7.37.